The number of nitrogens with zero attached hydrogens (tertiary/aromatic N) is 5. The number of fused-ring (bicyclic) bond motifs is 2. The van der Waals surface area contributed by atoms with E-state index >= 15 is 0 Å². The molecule has 6 aromatic heterocycles. The van der Waals surface area contributed by atoms with Crippen molar-refractivity contribution in [3.05, 3.63) is 65.9 Å². The quantitative estimate of drug-likeness (QED) is 0.429. The van der Waals surface area contributed by atoms with Crippen molar-refractivity contribution in [3.8, 4) is 33.3 Å². The smallest absolute Gasteiger partial charge is 0.178 e. The minimum atomic E-state index is 0.669. The minimum Gasteiger partial charge on any atom is -0.335 e. The average Bonchev–Trinajstić information content (AvgIpc) is 3.51. The Hall–Kier alpha value is -3.91. The molecule has 0 aliphatic heterocycles. The lowest BCUT2D eigenvalue weighted by atomic mass is 10.1. The van der Waals surface area contributed by atoms with Crippen molar-refractivity contribution < 1.29 is 0 Å². The maximum atomic E-state index is 4.72. The fourth-order valence-corrected chi connectivity index (χ4v) is 4.46. The van der Waals surface area contributed by atoms with E-state index in [0.717, 1.165) is 39.1 Å². The molecular weight excluding hydrogens is 394 g/mol. The van der Waals surface area contributed by atoms with Crippen LogP contribution >= 0.6 is 11.3 Å². The number of hydrogen-bond donors (Lipinski definition) is 2. The first-order valence-electron chi connectivity index (χ1n) is 9.44. The molecule has 0 amide bonds. The highest BCUT2D eigenvalue weighted by Crippen LogP contribution is 2.34. The van der Waals surface area contributed by atoms with E-state index in [1.807, 2.05) is 30.3 Å². The van der Waals surface area contributed by atoms with E-state index in [1.54, 1.807) is 29.9 Å². The van der Waals surface area contributed by atoms with Crippen molar-refractivity contribution in [1.82, 2.24) is 35.1 Å². The van der Waals surface area contributed by atoms with Crippen molar-refractivity contribution in [2.75, 3.05) is 0 Å². The second-order valence-electron chi connectivity index (χ2n) is 6.96. The van der Waals surface area contributed by atoms with Gasteiger partial charge in [0.05, 0.1) is 28.6 Å². The first kappa shape index (κ1) is 17.0. The number of thiophene rings is 1. The van der Waals surface area contributed by atoms with Gasteiger partial charge in [0.2, 0.25) is 0 Å². The van der Waals surface area contributed by atoms with Crippen LogP contribution in [0.1, 0.15) is 4.88 Å². The Morgan fingerprint density at radius 1 is 0.933 bits per heavy atom. The van der Waals surface area contributed by atoms with Gasteiger partial charge in [-0.25, -0.2) is 9.97 Å². The Kier molecular flexibility index (Phi) is 3.72. The number of nitrogens with one attached hydrogen (secondary N) is 2. The molecule has 0 saturated heterocycles. The highest BCUT2D eigenvalue weighted by atomic mass is 32.1. The monoisotopic (exact) mass is 409 g/mol. The van der Waals surface area contributed by atoms with Gasteiger partial charge in [0.25, 0.3) is 0 Å². The van der Waals surface area contributed by atoms with Crippen LogP contribution in [-0.2, 0) is 0 Å². The fraction of sp³-hybridized carbons (Fsp3) is 0.0455. The predicted molar refractivity (Wildman–Crippen MR) is 118 cm³/mol. The Labute approximate surface area is 174 Å². The lowest BCUT2D eigenvalue weighted by Gasteiger charge is -2.00. The molecule has 0 unspecified atom stereocenters. The average molecular weight is 409 g/mol. The van der Waals surface area contributed by atoms with Gasteiger partial charge in [-0.1, -0.05) is 6.07 Å². The standard InChI is InChI=1S/C22H15N7S/c1-12-5-6-18(30-12)13-7-9-24-21-19(13)26-22(27-21)20-14-10-16(15-4-2-3-8-23-15)25-11-17(14)28-29-20/h2-11H,1H3,(H,28,29)(H,24,26,27). The van der Waals surface area contributed by atoms with Gasteiger partial charge in [0.15, 0.2) is 11.5 Å². The van der Waals surface area contributed by atoms with Crippen LogP contribution in [0.25, 0.3) is 55.4 Å². The molecule has 30 heavy (non-hydrogen) atoms. The van der Waals surface area contributed by atoms with E-state index in [0.29, 0.717) is 11.5 Å². The third kappa shape index (κ3) is 2.69. The number of rotatable bonds is 3. The summed E-state index contributed by atoms with van der Waals surface area (Å²) in [6, 6.07) is 14.0. The largest absolute Gasteiger partial charge is 0.335 e. The van der Waals surface area contributed by atoms with E-state index < -0.39 is 0 Å². The summed E-state index contributed by atoms with van der Waals surface area (Å²) < 4.78 is 0. The van der Waals surface area contributed by atoms with Gasteiger partial charge in [0.1, 0.15) is 5.69 Å². The van der Waals surface area contributed by atoms with Crippen LogP contribution in [0.4, 0.5) is 0 Å². The molecule has 7 nitrogen and oxygen atoms in total. The molecule has 0 aliphatic carbocycles. The zero-order valence-corrected chi connectivity index (χ0v) is 16.7. The van der Waals surface area contributed by atoms with Crippen LogP contribution in [0.2, 0.25) is 0 Å². The topological polar surface area (TPSA) is 96.0 Å². The Morgan fingerprint density at radius 3 is 2.73 bits per heavy atom. The fourth-order valence-electron chi connectivity index (χ4n) is 3.56. The molecule has 144 valence electrons. The maximum absolute atomic E-state index is 4.72. The Bertz CT molecular complexity index is 1510. The SMILES string of the molecule is Cc1ccc(-c2ccnc3nc(-c4n[nH]c5cnc(-c6ccccn6)cc45)[nH]c23)s1. The van der Waals surface area contributed by atoms with Crippen molar-refractivity contribution >= 4 is 33.4 Å². The summed E-state index contributed by atoms with van der Waals surface area (Å²) in [5, 5.41) is 8.47. The molecule has 0 aromatic carbocycles. The van der Waals surface area contributed by atoms with Gasteiger partial charge in [-0.3, -0.25) is 15.1 Å². The number of aryl methyl sites for hydroxylation is 1. The van der Waals surface area contributed by atoms with Crippen molar-refractivity contribution in [2.45, 2.75) is 6.92 Å². The van der Waals surface area contributed by atoms with Gasteiger partial charge in [-0.15, -0.1) is 11.3 Å². The van der Waals surface area contributed by atoms with Gasteiger partial charge in [0, 0.05) is 33.1 Å². The van der Waals surface area contributed by atoms with Crippen LogP contribution in [0, 0.1) is 6.92 Å². The number of aromatic amines is 2. The third-order valence-electron chi connectivity index (χ3n) is 5.00. The molecule has 0 spiro atoms. The molecule has 6 heterocycles. The molecule has 0 radical (unpaired) electrons. The summed E-state index contributed by atoms with van der Waals surface area (Å²) in [6.07, 6.45) is 5.33. The normalized spacial score (nSPS) is 11.5. The van der Waals surface area contributed by atoms with Gasteiger partial charge >= 0.3 is 0 Å². The van der Waals surface area contributed by atoms with Gasteiger partial charge in [-0.05, 0) is 43.3 Å². The summed E-state index contributed by atoms with van der Waals surface area (Å²) in [6.45, 7) is 2.11. The first-order valence-corrected chi connectivity index (χ1v) is 10.3. The molecule has 6 rings (SSSR count). The summed E-state index contributed by atoms with van der Waals surface area (Å²) in [5.41, 5.74) is 5.84. The highest BCUT2D eigenvalue weighted by Gasteiger charge is 2.17. The number of pyridine rings is 3. The van der Waals surface area contributed by atoms with E-state index in [-0.39, 0.29) is 0 Å². The summed E-state index contributed by atoms with van der Waals surface area (Å²) in [5.74, 6) is 0.669. The Morgan fingerprint density at radius 2 is 1.90 bits per heavy atom. The van der Waals surface area contributed by atoms with E-state index in [4.69, 9.17) is 4.98 Å². The molecular formula is C22H15N7S. The first-order chi connectivity index (χ1) is 14.8. The van der Waals surface area contributed by atoms with Gasteiger partial charge in [-0.2, -0.15) is 5.10 Å². The van der Waals surface area contributed by atoms with Crippen LogP contribution in [-0.4, -0.2) is 35.1 Å². The Balaban J connectivity index is 1.52. The molecule has 0 atom stereocenters. The number of imidazole rings is 1. The second kappa shape index (κ2) is 6.57. The summed E-state index contributed by atoms with van der Waals surface area (Å²) >= 11 is 1.75. The van der Waals surface area contributed by atoms with E-state index in [9.17, 15) is 0 Å². The molecule has 2 N–H and O–H groups in total. The van der Waals surface area contributed by atoms with Crippen molar-refractivity contribution in [2.24, 2.45) is 0 Å². The molecule has 0 saturated carbocycles. The molecule has 0 aliphatic rings. The van der Waals surface area contributed by atoms with Crippen LogP contribution in [0.15, 0.2) is 61.1 Å². The van der Waals surface area contributed by atoms with Gasteiger partial charge < -0.3 is 4.98 Å². The zero-order chi connectivity index (χ0) is 20.1. The van der Waals surface area contributed by atoms with E-state index in [2.05, 4.69) is 49.2 Å². The lowest BCUT2D eigenvalue weighted by molar-refractivity contribution is 1.10. The predicted octanol–water partition coefficient (Wildman–Crippen LogP) is 5.00. The summed E-state index contributed by atoms with van der Waals surface area (Å²) in [4.78, 5) is 24.0. The molecule has 8 heteroatoms. The minimum absolute atomic E-state index is 0.669. The maximum Gasteiger partial charge on any atom is 0.178 e. The third-order valence-corrected chi connectivity index (χ3v) is 6.03. The lowest BCUT2D eigenvalue weighted by Crippen LogP contribution is -1.87. The van der Waals surface area contributed by atoms with Crippen molar-refractivity contribution in [1.29, 1.82) is 0 Å². The van der Waals surface area contributed by atoms with Crippen LogP contribution < -0.4 is 0 Å². The number of aromatic nitrogens is 7. The molecule has 6 aromatic rings. The molecule has 0 bridgehead atoms. The zero-order valence-electron chi connectivity index (χ0n) is 15.9. The second-order valence-corrected chi connectivity index (χ2v) is 8.24. The van der Waals surface area contributed by atoms with Crippen LogP contribution in [0.3, 0.4) is 0 Å². The summed E-state index contributed by atoms with van der Waals surface area (Å²) in [7, 11) is 0. The van der Waals surface area contributed by atoms with Crippen molar-refractivity contribution in [3.63, 3.8) is 0 Å². The molecule has 0 fully saturated rings. The number of hydrogen-bond acceptors (Lipinski definition) is 6. The number of H-pyrrole nitrogens is 2. The highest BCUT2D eigenvalue weighted by molar-refractivity contribution is 7.15. The van der Waals surface area contributed by atoms with Crippen LogP contribution in [0.5, 0.6) is 0 Å². The van der Waals surface area contributed by atoms with E-state index in [1.165, 1.54) is 9.75 Å².